The van der Waals surface area contributed by atoms with Crippen LogP contribution < -0.4 is 10.1 Å². The highest BCUT2D eigenvalue weighted by Crippen LogP contribution is 2.23. The molecule has 1 aromatic heterocycles. The Kier molecular flexibility index (Phi) is 6.57. The Morgan fingerprint density at radius 3 is 2.52 bits per heavy atom. The van der Waals surface area contributed by atoms with Gasteiger partial charge in [0.15, 0.2) is 0 Å². The van der Waals surface area contributed by atoms with Crippen LogP contribution in [-0.4, -0.2) is 31.2 Å². The summed E-state index contributed by atoms with van der Waals surface area (Å²) in [5, 5.41) is 3.86. The van der Waals surface area contributed by atoms with E-state index in [4.69, 9.17) is 9.47 Å². The average molecular weight is 382 g/mol. The largest absolute Gasteiger partial charge is 0.491 e. The van der Waals surface area contributed by atoms with E-state index < -0.39 is 0 Å². The van der Waals surface area contributed by atoms with Gasteiger partial charge in [0.05, 0.1) is 17.3 Å². The highest BCUT2D eigenvalue weighted by atomic mass is 32.1. The summed E-state index contributed by atoms with van der Waals surface area (Å²) >= 11 is 1.44. The monoisotopic (exact) mass is 382 g/mol. The third-order valence-electron chi connectivity index (χ3n) is 3.91. The minimum Gasteiger partial charge on any atom is -0.491 e. The molecule has 3 rings (SSSR count). The van der Waals surface area contributed by atoms with Crippen molar-refractivity contribution in [3.05, 3.63) is 75.7 Å². The van der Waals surface area contributed by atoms with E-state index in [2.05, 4.69) is 22.4 Å². The lowest BCUT2D eigenvalue weighted by atomic mass is 10.2. The van der Waals surface area contributed by atoms with Gasteiger partial charge >= 0.3 is 0 Å². The predicted octanol–water partition coefficient (Wildman–Crippen LogP) is 4.32. The van der Waals surface area contributed by atoms with Gasteiger partial charge in [0.1, 0.15) is 17.2 Å². The molecule has 1 N–H and O–H groups in total. The van der Waals surface area contributed by atoms with E-state index in [1.807, 2.05) is 49.4 Å². The van der Waals surface area contributed by atoms with E-state index in [1.54, 1.807) is 7.11 Å². The Morgan fingerprint density at radius 1 is 1.07 bits per heavy atom. The Balaban J connectivity index is 1.62. The van der Waals surface area contributed by atoms with Gasteiger partial charge in [0.2, 0.25) is 0 Å². The number of nitrogens with zero attached hydrogens (tertiary/aromatic N) is 1. The molecule has 0 aliphatic heterocycles. The summed E-state index contributed by atoms with van der Waals surface area (Å²) in [5.74, 6) is 0.599. The summed E-state index contributed by atoms with van der Waals surface area (Å²) < 4.78 is 10.5. The summed E-state index contributed by atoms with van der Waals surface area (Å²) in [5.41, 5.74) is 2.65. The number of carbonyl (C=O) groups excluding carboxylic acids is 1. The minimum absolute atomic E-state index is 0.141. The van der Waals surface area contributed by atoms with Crippen LogP contribution in [0.3, 0.4) is 0 Å². The van der Waals surface area contributed by atoms with E-state index in [0.29, 0.717) is 18.1 Å². The highest BCUT2D eigenvalue weighted by Gasteiger charge is 2.15. The maximum atomic E-state index is 12.6. The number of hydrogen-bond donors (Lipinski definition) is 1. The maximum absolute atomic E-state index is 12.6. The van der Waals surface area contributed by atoms with Crippen LogP contribution in [0.2, 0.25) is 0 Å². The van der Waals surface area contributed by atoms with Crippen molar-refractivity contribution in [1.29, 1.82) is 0 Å². The summed E-state index contributed by atoms with van der Waals surface area (Å²) in [6.07, 6.45) is 0.729. The lowest BCUT2D eigenvalue weighted by Gasteiger charge is -2.07. The van der Waals surface area contributed by atoms with Crippen LogP contribution in [-0.2, 0) is 11.2 Å². The van der Waals surface area contributed by atoms with Gasteiger partial charge in [-0.3, -0.25) is 4.79 Å². The molecule has 3 aromatic rings. The fourth-order valence-corrected chi connectivity index (χ4v) is 3.57. The number of nitrogens with one attached hydrogen (secondary N) is 1. The zero-order valence-electron chi connectivity index (χ0n) is 15.4. The molecule has 0 aliphatic carbocycles. The van der Waals surface area contributed by atoms with Gasteiger partial charge in [-0.1, -0.05) is 30.3 Å². The average Bonchev–Trinajstić information content (AvgIpc) is 3.04. The zero-order valence-corrected chi connectivity index (χ0v) is 16.2. The van der Waals surface area contributed by atoms with Gasteiger partial charge in [-0.25, -0.2) is 4.98 Å². The van der Waals surface area contributed by atoms with Crippen LogP contribution in [0.1, 0.15) is 25.9 Å². The quantitative estimate of drug-likeness (QED) is 0.590. The predicted molar refractivity (Wildman–Crippen MR) is 108 cm³/mol. The van der Waals surface area contributed by atoms with Crippen molar-refractivity contribution < 1.29 is 14.3 Å². The first-order valence-corrected chi connectivity index (χ1v) is 9.50. The summed E-state index contributed by atoms with van der Waals surface area (Å²) in [7, 11) is 1.63. The number of rotatable bonds is 8. The topological polar surface area (TPSA) is 60.5 Å². The second-order valence-corrected chi connectivity index (χ2v) is 7.09. The number of amides is 1. The normalized spacial score (nSPS) is 10.6. The number of aryl methyl sites for hydroxylation is 1. The molecule has 0 saturated carbocycles. The van der Waals surface area contributed by atoms with Crippen LogP contribution >= 0.6 is 11.3 Å². The molecule has 0 fully saturated rings. The molecule has 140 valence electrons. The molecule has 1 heterocycles. The Morgan fingerprint density at radius 2 is 1.81 bits per heavy atom. The van der Waals surface area contributed by atoms with Crippen molar-refractivity contribution in [2.45, 2.75) is 13.3 Å². The first-order chi connectivity index (χ1) is 13.2. The van der Waals surface area contributed by atoms with Gasteiger partial charge in [-0.05, 0) is 36.8 Å². The zero-order chi connectivity index (χ0) is 19.1. The van der Waals surface area contributed by atoms with Gasteiger partial charge < -0.3 is 14.8 Å². The molecule has 5 nitrogen and oxygen atoms in total. The van der Waals surface area contributed by atoms with E-state index in [-0.39, 0.29) is 5.91 Å². The maximum Gasteiger partial charge on any atom is 0.267 e. The van der Waals surface area contributed by atoms with Crippen molar-refractivity contribution in [3.63, 3.8) is 0 Å². The lowest BCUT2D eigenvalue weighted by Crippen LogP contribution is -2.11. The van der Waals surface area contributed by atoms with Gasteiger partial charge in [0, 0.05) is 19.2 Å². The minimum atomic E-state index is -0.141. The fraction of sp³-hybridized carbons (Fsp3) is 0.238. The first-order valence-electron chi connectivity index (χ1n) is 8.69. The second kappa shape index (κ2) is 9.30. The summed E-state index contributed by atoms with van der Waals surface area (Å²) in [6, 6.07) is 17.4. The molecule has 0 aliphatic rings. The third kappa shape index (κ3) is 5.39. The lowest BCUT2D eigenvalue weighted by molar-refractivity contribution is 0.103. The summed E-state index contributed by atoms with van der Waals surface area (Å²) in [6.45, 7) is 2.90. The molecule has 2 aromatic carbocycles. The van der Waals surface area contributed by atoms with Gasteiger partial charge in [-0.2, -0.15) is 0 Å². The molecule has 0 atom stereocenters. The number of methoxy groups -OCH3 is 1. The second-order valence-electron chi connectivity index (χ2n) is 6.00. The number of benzene rings is 2. The summed E-state index contributed by atoms with van der Waals surface area (Å²) in [4.78, 5) is 17.8. The van der Waals surface area contributed by atoms with Crippen molar-refractivity contribution in [3.8, 4) is 5.75 Å². The van der Waals surface area contributed by atoms with E-state index in [1.165, 1.54) is 16.9 Å². The third-order valence-corrected chi connectivity index (χ3v) is 5.07. The fourth-order valence-electron chi connectivity index (χ4n) is 2.57. The van der Waals surface area contributed by atoms with E-state index >= 15 is 0 Å². The molecule has 0 saturated heterocycles. The SMILES string of the molecule is COCCOc1ccc(NC(=O)c2sc(Cc3ccccc3)nc2C)cc1. The number of ether oxygens (including phenoxy) is 2. The number of carbonyl (C=O) groups is 1. The van der Waals surface area contributed by atoms with Crippen LogP contribution in [0.4, 0.5) is 5.69 Å². The molecule has 0 spiro atoms. The van der Waals surface area contributed by atoms with Crippen molar-refractivity contribution >= 4 is 22.9 Å². The van der Waals surface area contributed by atoms with Crippen LogP contribution in [0.25, 0.3) is 0 Å². The molecule has 0 bridgehead atoms. The van der Waals surface area contributed by atoms with E-state index in [9.17, 15) is 4.79 Å². The molecule has 27 heavy (non-hydrogen) atoms. The van der Waals surface area contributed by atoms with Crippen LogP contribution in [0, 0.1) is 6.92 Å². The number of anilines is 1. The molecule has 0 unspecified atom stereocenters. The van der Waals surface area contributed by atoms with E-state index in [0.717, 1.165) is 28.6 Å². The van der Waals surface area contributed by atoms with Gasteiger partial charge in [-0.15, -0.1) is 11.3 Å². The molecule has 0 radical (unpaired) electrons. The Bertz CT molecular complexity index is 876. The Hall–Kier alpha value is -2.70. The number of aromatic nitrogens is 1. The Labute approximate surface area is 163 Å². The smallest absolute Gasteiger partial charge is 0.267 e. The molecular weight excluding hydrogens is 360 g/mol. The molecular formula is C21H22N2O3S. The molecule has 6 heteroatoms. The number of thiazole rings is 1. The standard InChI is InChI=1S/C21H22N2O3S/c1-15-20(27-19(22-15)14-16-6-4-3-5-7-16)21(24)23-17-8-10-18(11-9-17)26-13-12-25-2/h3-11H,12-14H2,1-2H3,(H,23,24). The first kappa shape index (κ1) is 19.1. The van der Waals surface area contributed by atoms with Crippen molar-refractivity contribution in [1.82, 2.24) is 4.98 Å². The van der Waals surface area contributed by atoms with Crippen LogP contribution in [0.15, 0.2) is 54.6 Å². The molecule has 1 amide bonds. The highest BCUT2D eigenvalue weighted by molar-refractivity contribution is 7.14. The number of hydrogen-bond acceptors (Lipinski definition) is 5. The van der Waals surface area contributed by atoms with Crippen molar-refractivity contribution in [2.24, 2.45) is 0 Å². The van der Waals surface area contributed by atoms with Gasteiger partial charge in [0.25, 0.3) is 5.91 Å². The van der Waals surface area contributed by atoms with Crippen molar-refractivity contribution in [2.75, 3.05) is 25.6 Å². The van der Waals surface area contributed by atoms with Crippen LogP contribution in [0.5, 0.6) is 5.75 Å².